The number of nitrogens with zero attached hydrogens (tertiary/aromatic N) is 5. The number of aromatic nitrogens is 1. The third-order valence-electron chi connectivity index (χ3n) is 8.14. The van der Waals surface area contributed by atoms with Crippen LogP contribution in [0, 0.1) is 0 Å². The molecule has 1 spiro atoms. The number of hydrazine groups is 1. The predicted octanol–water partition coefficient (Wildman–Crippen LogP) is 4.00. The Morgan fingerprint density at radius 1 is 1.05 bits per heavy atom. The molecule has 1 amide bonds. The molecule has 8 heteroatoms. The molecule has 5 heterocycles. The van der Waals surface area contributed by atoms with E-state index in [0.717, 1.165) is 71.7 Å². The molecule has 1 saturated heterocycles. The van der Waals surface area contributed by atoms with E-state index in [1.54, 1.807) is 6.34 Å². The van der Waals surface area contributed by atoms with Crippen LogP contribution in [-0.4, -0.2) is 51.8 Å². The Morgan fingerprint density at radius 2 is 1.95 bits per heavy atom. The SMILES string of the molecule is CCN1CCC2(CC1)C(=O)Nc1cc(C3=CC=C4N(Cc5ccc6ncccc6c5)N=CN4N3)ccc12. The highest BCUT2D eigenvalue weighted by Gasteiger charge is 2.48. The topological polar surface area (TPSA) is 76.1 Å². The van der Waals surface area contributed by atoms with Crippen LogP contribution in [0.4, 0.5) is 5.69 Å². The van der Waals surface area contributed by atoms with Crippen molar-refractivity contribution in [2.45, 2.75) is 31.7 Å². The number of benzene rings is 2. The van der Waals surface area contributed by atoms with E-state index < -0.39 is 0 Å². The summed E-state index contributed by atoms with van der Waals surface area (Å²) in [7, 11) is 0. The molecule has 4 aliphatic heterocycles. The van der Waals surface area contributed by atoms with Gasteiger partial charge in [-0.3, -0.25) is 15.2 Å². The first-order chi connectivity index (χ1) is 18.1. The third-order valence-corrected chi connectivity index (χ3v) is 8.14. The molecular weight excluding hydrogens is 462 g/mol. The van der Waals surface area contributed by atoms with Crippen LogP contribution in [0.1, 0.15) is 36.5 Å². The van der Waals surface area contributed by atoms with Crippen LogP contribution in [0.3, 0.4) is 0 Å². The van der Waals surface area contributed by atoms with Gasteiger partial charge in [0.15, 0.2) is 0 Å². The molecule has 0 radical (unpaired) electrons. The molecule has 2 N–H and O–H groups in total. The first-order valence-corrected chi connectivity index (χ1v) is 12.9. The zero-order valence-corrected chi connectivity index (χ0v) is 20.8. The average Bonchev–Trinajstić information content (AvgIpc) is 3.46. The molecule has 2 aromatic carbocycles. The molecule has 7 rings (SSSR count). The highest BCUT2D eigenvalue weighted by Crippen LogP contribution is 2.45. The maximum atomic E-state index is 13.1. The lowest BCUT2D eigenvalue weighted by Gasteiger charge is -2.37. The highest BCUT2D eigenvalue weighted by molar-refractivity contribution is 6.06. The average molecular weight is 492 g/mol. The Balaban J connectivity index is 1.11. The number of carbonyl (C=O) groups is 1. The quantitative estimate of drug-likeness (QED) is 0.575. The van der Waals surface area contributed by atoms with Crippen LogP contribution < -0.4 is 10.7 Å². The Morgan fingerprint density at radius 3 is 2.81 bits per heavy atom. The minimum atomic E-state index is -0.387. The van der Waals surface area contributed by atoms with Crippen molar-refractivity contribution >= 4 is 34.5 Å². The van der Waals surface area contributed by atoms with Crippen molar-refractivity contribution in [3.63, 3.8) is 0 Å². The molecule has 0 aliphatic carbocycles. The summed E-state index contributed by atoms with van der Waals surface area (Å²) in [4.78, 5) is 19.9. The van der Waals surface area contributed by atoms with E-state index in [1.165, 1.54) is 5.56 Å². The van der Waals surface area contributed by atoms with Crippen molar-refractivity contribution in [1.29, 1.82) is 0 Å². The Labute approximate surface area is 215 Å². The van der Waals surface area contributed by atoms with Crippen molar-refractivity contribution < 1.29 is 4.79 Å². The summed E-state index contributed by atoms with van der Waals surface area (Å²) in [6.07, 6.45) is 9.52. The van der Waals surface area contributed by atoms with Gasteiger partial charge in [0.1, 0.15) is 12.2 Å². The summed E-state index contributed by atoms with van der Waals surface area (Å²) in [5, 5.41) is 12.8. The number of rotatable bonds is 4. The van der Waals surface area contributed by atoms with Gasteiger partial charge in [0.05, 0.1) is 23.2 Å². The number of hydrazone groups is 1. The van der Waals surface area contributed by atoms with E-state index in [4.69, 9.17) is 0 Å². The molecule has 186 valence electrons. The second kappa shape index (κ2) is 8.45. The zero-order chi connectivity index (χ0) is 25.0. The highest BCUT2D eigenvalue weighted by atomic mass is 16.2. The van der Waals surface area contributed by atoms with Crippen LogP contribution in [0.2, 0.25) is 0 Å². The van der Waals surface area contributed by atoms with Gasteiger partial charge in [0.2, 0.25) is 5.91 Å². The molecule has 4 aliphatic rings. The van der Waals surface area contributed by atoms with Gasteiger partial charge in [-0.2, -0.15) is 5.10 Å². The van der Waals surface area contributed by atoms with E-state index >= 15 is 0 Å². The van der Waals surface area contributed by atoms with Crippen molar-refractivity contribution in [2.75, 3.05) is 25.0 Å². The summed E-state index contributed by atoms with van der Waals surface area (Å²) in [5.41, 5.74) is 9.32. The lowest BCUT2D eigenvalue weighted by atomic mass is 9.73. The van der Waals surface area contributed by atoms with E-state index in [0.29, 0.717) is 6.54 Å². The Kier molecular flexibility index (Phi) is 5.04. The number of carbonyl (C=O) groups excluding carboxylic acids is 1. The Bertz CT molecular complexity index is 1500. The fraction of sp³-hybridized carbons (Fsp3) is 0.276. The molecule has 8 nitrogen and oxygen atoms in total. The smallest absolute Gasteiger partial charge is 0.235 e. The lowest BCUT2D eigenvalue weighted by molar-refractivity contribution is -0.122. The van der Waals surface area contributed by atoms with Gasteiger partial charge in [-0.05, 0) is 80.0 Å². The summed E-state index contributed by atoms with van der Waals surface area (Å²) in [5.74, 6) is 1.11. The monoisotopic (exact) mass is 491 g/mol. The van der Waals surface area contributed by atoms with E-state index in [1.807, 2.05) is 22.3 Å². The van der Waals surface area contributed by atoms with Crippen LogP contribution in [0.5, 0.6) is 0 Å². The number of allylic oxidation sites excluding steroid dienone is 2. The normalized spacial score (nSPS) is 20.0. The summed E-state index contributed by atoms with van der Waals surface area (Å²) in [6, 6.07) is 16.7. The molecular formula is C29H29N7O. The van der Waals surface area contributed by atoms with Crippen molar-refractivity contribution in [1.82, 2.24) is 25.3 Å². The number of anilines is 1. The second-order valence-corrected chi connectivity index (χ2v) is 10.1. The minimum Gasteiger partial charge on any atom is -0.325 e. The lowest BCUT2D eigenvalue weighted by Crippen LogP contribution is -2.46. The predicted molar refractivity (Wildman–Crippen MR) is 145 cm³/mol. The second-order valence-electron chi connectivity index (χ2n) is 10.1. The molecule has 0 bridgehead atoms. The van der Waals surface area contributed by atoms with Crippen molar-refractivity contribution in [2.24, 2.45) is 5.10 Å². The number of piperidine rings is 1. The molecule has 1 fully saturated rings. The number of pyridine rings is 1. The molecule has 37 heavy (non-hydrogen) atoms. The fourth-order valence-electron chi connectivity index (χ4n) is 5.96. The van der Waals surface area contributed by atoms with Gasteiger partial charge in [-0.15, -0.1) is 0 Å². The number of amides is 1. The fourth-order valence-corrected chi connectivity index (χ4v) is 5.96. The maximum absolute atomic E-state index is 13.1. The molecule has 0 saturated carbocycles. The van der Waals surface area contributed by atoms with Gasteiger partial charge in [-0.25, -0.2) is 10.0 Å². The standard InChI is InChI=1S/C29H29N7O/c1-2-34-14-11-29(12-15-34)23-7-6-22(17-26(23)32-28(29)37)25-9-10-27-35(31-19-36(27)33-25)18-20-5-8-24-21(16-20)4-3-13-30-24/h3-10,13,16-17,19,33H,2,11-12,14-15,18H2,1H3,(H,32,37). The van der Waals surface area contributed by atoms with Crippen LogP contribution in [-0.2, 0) is 16.8 Å². The molecule has 0 unspecified atom stereocenters. The molecule has 1 aromatic heterocycles. The van der Waals surface area contributed by atoms with Crippen LogP contribution >= 0.6 is 0 Å². The van der Waals surface area contributed by atoms with E-state index in [-0.39, 0.29) is 11.3 Å². The van der Waals surface area contributed by atoms with Crippen LogP contribution in [0.25, 0.3) is 16.6 Å². The number of nitrogens with one attached hydrogen (secondary N) is 2. The zero-order valence-electron chi connectivity index (χ0n) is 20.8. The summed E-state index contributed by atoms with van der Waals surface area (Å²) >= 11 is 0. The molecule has 3 aromatic rings. The van der Waals surface area contributed by atoms with E-state index in [9.17, 15) is 4.79 Å². The van der Waals surface area contributed by atoms with Gasteiger partial charge in [0.25, 0.3) is 0 Å². The van der Waals surface area contributed by atoms with Gasteiger partial charge in [0, 0.05) is 22.8 Å². The Hall–Kier alpha value is -4.17. The van der Waals surface area contributed by atoms with Crippen molar-refractivity contribution in [3.8, 4) is 0 Å². The van der Waals surface area contributed by atoms with Crippen LogP contribution in [0.15, 0.2) is 77.8 Å². The van der Waals surface area contributed by atoms with Gasteiger partial charge in [-0.1, -0.05) is 31.2 Å². The molecule has 0 atom stereocenters. The number of hydrogen-bond donors (Lipinski definition) is 2. The largest absolute Gasteiger partial charge is 0.325 e. The summed E-state index contributed by atoms with van der Waals surface area (Å²) < 4.78 is 0. The van der Waals surface area contributed by atoms with E-state index in [2.05, 4.69) is 87.3 Å². The maximum Gasteiger partial charge on any atom is 0.235 e. The third kappa shape index (κ3) is 3.59. The first-order valence-electron chi connectivity index (χ1n) is 12.9. The van der Waals surface area contributed by atoms with Gasteiger partial charge < -0.3 is 10.2 Å². The number of fused-ring (bicyclic) bond motifs is 4. The number of likely N-dealkylation sites (tertiary alicyclic amines) is 1. The minimum absolute atomic E-state index is 0.148. The van der Waals surface area contributed by atoms with Crippen molar-refractivity contribution in [3.05, 3.63) is 89.4 Å². The van der Waals surface area contributed by atoms with Gasteiger partial charge >= 0.3 is 0 Å². The summed E-state index contributed by atoms with van der Waals surface area (Å²) in [6.45, 7) is 5.81. The number of hydrogen-bond acceptors (Lipinski definition) is 7. The first kappa shape index (κ1) is 22.1.